The van der Waals surface area contributed by atoms with E-state index in [1.807, 2.05) is 36.7 Å². The van der Waals surface area contributed by atoms with E-state index in [9.17, 15) is 5.11 Å². The van der Waals surface area contributed by atoms with Crippen LogP contribution in [0, 0.1) is 0 Å². The summed E-state index contributed by atoms with van der Waals surface area (Å²) in [6.07, 6.45) is 6.72. The third kappa shape index (κ3) is 2.37. The van der Waals surface area contributed by atoms with Crippen molar-refractivity contribution in [2.24, 2.45) is 0 Å². The number of aliphatic hydroxyl groups excluding tert-OH is 1. The number of fused-ring (bicyclic) bond motifs is 1. The lowest BCUT2D eigenvalue weighted by Crippen LogP contribution is -2.00. The zero-order valence-electron chi connectivity index (χ0n) is 10.7. The largest absolute Gasteiger partial charge is 0.392 e. The first kappa shape index (κ1) is 11.9. The smallest absolute Gasteiger partial charge is 0.0688 e. The van der Waals surface area contributed by atoms with Gasteiger partial charge in [-0.15, -0.1) is 0 Å². The van der Waals surface area contributed by atoms with E-state index in [1.54, 1.807) is 0 Å². The molecule has 0 saturated carbocycles. The van der Waals surface area contributed by atoms with Crippen LogP contribution in [0.1, 0.15) is 11.1 Å². The van der Waals surface area contributed by atoms with E-state index < -0.39 is 0 Å². The van der Waals surface area contributed by atoms with Crippen LogP contribution in [0.5, 0.6) is 0 Å². The number of hydrogen-bond acceptors (Lipinski definition) is 2. The van der Waals surface area contributed by atoms with Gasteiger partial charge in [0.1, 0.15) is 0 Å². The molecule has 3 heteroatoms. The number of pyridine rings is 1. The Bertz CT molecular complexity index is 674. The predicted molar refractivity (Wildman–Crippen MR) is 75.8 cm³/mol. The Morgan fingerprint density at radius 3 is 2.68 bits per heavy atom. The maximum absolute atomic E-state index is 9.34. The molecule has 1 N–H and O–H groups in total. The van der Waals surface area contributed by atoms with Crippen LogP contribution in [-0.4, -0.2) is 14.7 Å². The Kier molecular flexibility index (Phi) is 3.29. The van der Waals surface area contributed by atoms with Gasteiger partial charge in [-0.3, -0.25) is 4.98 Å². The Hall–Kier alpha value is -2.13. The zero-order valence-corrected chi connectivity index (χ0v) is 10.7. The summed E-state index contributed by atoms with van der Waals surface area (Å²) in [5.41, 5.74) is 3.45. The summed E-state index contributed by atoms with van der Waals surface area (Å²) in [7, 11) is 0. The summed E-state index contributed by atoms with van der Waals surface area (Å²) in [6, 6.07) is 12.2. The van der Waals surface area contributed by atoms with Crippen LogP contribution in [0.25, 0.3) is 10.9 Å². The van der Waals surface area contributed by atoms with Crippen LogP contribution in [0.4, 0.5) is 0 Å². The van der Waals surface area contributed by atoms with Gasteiger partial charge < -0.3 is 9.67 Å². The molecule has 3 aromatic rings. The lowest BCUT2D eigenvalue weighted by molar-refractivity contribution is 0.283. The van der Waals surface area contributed by atoms with Gasteiger partial charge in [-0.2, -0.15) is 0 Å². The predicted octanol–water partition coefficient (Wildman–Crippen LogP) is 2.77. The fourth-order valence-electron chi connectivity index (χ4n) is 2.42. The molecule has 96 valence electrons. The molecule has 19 heavy (non-hydrogen) atoms. The highest BCUT2D eigenvalue weighted by Crippen LogP contribution is 2.20. The van der Waals surface area contributed by atoms with Crippen molar-refractivity contribution in [2.45, 2.75) is 19.6 Å². The van der Waals surface area contributed by atoms with Crippen molar-refractivity contribution in [1.82, 2.24) is 9.55 Å². The van der Waals surface area contributed by atoms with E-state index in [0.717, 1.165) is 23.9 Å². The van der Waals surface area contributed by atoms with Crippen molar-refractivity contribution in [1.29, 1.82) is 0 Å². The molecule has 0 spiro atoms. The molecule has 3 rings (SSSR count). The van der Waals surface area contributed by atoms with Crippen LogP contribution in [0.3, 0.4) is 0 Å². The van der Waals surface area contributed by atoms with Crippen molar-refractivity contribution >= 4 is 10.9 Å². The van der Waals surface area contributed by atoms with E-state index in [0.29, 0.717) is 0 Å². The first-order valence-electron chi connectivity index (χ1n) is 6.45. The second-order valence-corrected chi connectivity index (χ2v) is 4.62. The van der Waals surface area contributed by atoms with E-state index in [2.05, 4.69) is 27.9 Å². The summed E-state index contributed by atoms with van der Waals surface area (Å²) in [4.78, 5) is 4.03. The number of nitrogens with zero attached hydrogens (tertiary/aromatic N) is 2. The number of aliphatic hydroxyl groups is 1. The lowest BCUT2D eigenvalue weighted by atomic mass is 10.1. The molecule has 3 nitrogen and oxygen atoms in total. The Balaban J connectivity index is 1.86. The fourth-order valence-corrected chi connectivity index (χ4v) is 2.42. The molecule has 0 atom stereocenters. The molecule has 0 amide bonds. The summed E-state index contributed by atoms with van der Waals surface area (Å²) < 4.78 is 2.23. The Morgan fingerprint density at radius 2 is 1.89 bits per heavy atom. The standard InChI is InChI=1S/C16H16N2O/c19-12-14-2-1-3-16-15(14)7-11-18(16)10-6-13-4-8-17-9-5-13/h1-5,7-9,11,19H,6,10,12H2. The van der Waals surface area contributed by atoms with E-state index in [4.69, 9.17) is 0 Å². The van der Waals surface area contributed by atoms with Gasteiger partial charge in [0.25, 0.3) is 0 Å². The lowest BCUT2D eigenvalue weighted by Gasteiger charge is -2.06. The van der Waals surface area contributed by atoms with Gasteiger partial charge in [-0.05, 0) is 41.8 Å². The van der Waals surface area contributed by atoms with Crippen LogP contribution < -0.4 is 0 Å². The Morgan fingerprint density at radius 1 is 1.05 bits per heavy atom. The topological polar surface area (TPSA) is 38.0 Å². The van der Waals surface area contributed by atoms with Gasteiger partial charge >= 0.3 is 0 Å². The molecule has 0 unspecified atom stereocenters. The number of benzene rings is 1. The highest BCUT2D eigenvalue weighted by molar-refractivity contribution is 5.83. The first-order chi connectivity index (χ1) is 9.38. The van der Waals surface area contributed by atoms with Crippen molar-refractivity contribution in [3.63, 3.8) is 0 Å². The molecular formula is C16H16N2O. The van der Waals surface area contributed by atoms with Gasteiger partial charge in [0.2, 0.25) is 0 Å². The number of hydrogen-bond donors (Lipinski definition) is 1. The van der Waals surface area contributed by atoms with E-state index in [1.165, 1.54) is 11.1 Å². The molecule has 0 aliphatic rings. The van der Waals surface area contributed by atoms with Crippen LogP contribution in [0.2, 0.25) is 0 Å². The first-order valence-corrected chi connectivity index (χ1v) is 6.45. The quantitative estimate of drug-likeness (QED) is 0.775. The second-order valence-electron chi connectivity index (χ2n) is 4.62. The molecule has 0 fully saturated rings. The van der Waals surface area contributed by atoms with E-state index >= 15 is 0 Å². The highest BCUT2D eigenvalue weighted by atomic mass is 16.3. The molecule has 1 aromatic carbocycles. The second kappa shape index (κ2) is 5.24. The SMILES string of the molecule is OCc1cccc2c1ccn2CCc1ccncc1. The summed E-state index contributed by atoms with van der Waals surface area (Å²) in [5.74, 6) is 0. The fraction of sp³-hybridized carbons (Fsp3) is 0.188. The normalized spacial score (nSPS) is 11.0. The molecule has 0 saturated heterocycles. The molecule has 0 bridgehead atoms. The maximum Gasteiger partial charge on any atom is 0.0688 e. The monoisotopic (exact) mass is 252 g/mol. The van der Waals surface area contributed by atoms with Gasteiger partial charge in [0.05, 0.1) is 6.61 Å². The molecule has 0 radical (unpaired) electrons. The van der Waals surface area contributed by atoms with Crippen LogP contribution >= 0.6 is 0 Å². The maximum atomic E-state index is 9.34. The average molecular weight is 252 g/mol. The van der Waals surface area contributed by atoms with E-state index in [-0.39, 0.29) is 6.61 Å². The molecule has 0 aliphatic carbocycles. The molecule has 0 aliphatic heterocycles. The number of aromatic nitrogens is 2. The number of rotatable bonds is 4. The zero-order chi connectivity index (χ0) is 13.1. The van der Waals surface area contributed by atoms with Crippen molar-refractivity contribution in [3.8, 4) is 0 Å². The van der Waals surface area contributed by atoms with Crippen LogP contribution in [-0.2, 0) is 19.6 Å². The summed E-state index contributed by atoms with van der Waals surface area (Å²) >= 11 is 0. The minimum atomic E-state index is 0.0890. The molecule has 2 heterocycles. The third-order valence-electron chi connectivity index (χ3n) is 3.47. The average Bonchev–Trinajstić information content (AvgIpc) is 2.89. The van der Waals surface area contributed by atoms with Gasteiger partial charge in [0, 0.05) is 36.0 Å². The molecular weight excluding hydrogens is 236 g/mol. The summed E-state index contributed by atoms with van der Waals surface area (Å²) in [5, 5.41) is 10.5. The van der Waals surface area contributed by atoms with Crippen molar-refractivity contribution in [3.05, 3.63) is 66.1 Å². The summed E-state index contributed by atoms with van der Waals surface area (Å²) in [6.45, 7) is 1.02. The van der Waals surface area contributed by atoms with Gasteiger partial charge in [-0.1, -0.05) is 12.1 Å². The van der Waals surface area contributed by atoms with Crippen molar-refractivity contribution < 1.29 is 5.11 Å². The van der Waals surface area contributed by atoms with Gasteiger partial charge in [-0.25, -0.2) is 0 Å². The minimum Gasteiger partial charge on any atom is -0.392 e. The third-order valence-corrected chi connectivity index (χ3v) is 3.47. The van der Waals surface area contributed by atoms with Gasteiger partial charge in [0.15, 0.2) is 0 Å². The minimum absolute atomic E-state index is 0.0890. The Labute approximate surface area is 112 Å². The highest BCUT2D eigenvalue weighted by Gasteiger charge is 2.04. The van der Waals surface area contributed by atoms with Crippen molar-refractivity contribution in [2.75, 3.05) is 0 Å². The molecule has 2 aromatic heterocycles. The number of aryl methyl sites for hydroxylation is 2. The van der Waals surface area contributed by atoms with Crippen LogP contribution in [0.15, 0.2) is 55.0 Å².